The number of halogens is 3. The van der Waals surface area contributed by atoms with Crippen molar-refractivity contribution in [2.75, 3.05) is 5.32 Å². The molecule has 0 fully saturated rings. The van der Waals surface area contributed by atoms with Gasteiger partial charge in [0.2, 0.25) is 9.70 Å². The summed E-state index contributed by atoms with van der Waals surface area (Å²) in [6, 6.07) is 7.63. The molecule has 1 aromatic carbocycles. The van der Waals surface area contributed by atoms with Crippen LogP contribution in [-0.2, 0) is 4.79 Å². The van der Waals surface area contributed by atoms with Gasteiger partial charge in [-0.1, -0.05) is 59.9 Å². The molecule has 0 aliphatic carbocycles. The number of nitrogens with one attached hydrogen (secondary N) is 3. The minimum absolute atomic E-state index is 0.218. The summed E-state index contributed by atoms with van der Waals surface area (Å²) in [7, 11) is 0. The number of carbonyl (C=O) groups excluding carboxylic acids is 1. The first kappa shape index (κ1) is 19.3. The van der Waals surface area contributed by atoms with Crippen molar-refractivity contribution in [2.45, 2.75) is 36.6 Å². The second-order valence-electron chi connectivity index (χ2n) is 4.71. The van der Waals surface area contributed by atoms with Gasteiger partial charge in [-0.05, 0) is 37.2 Å². The van der Waals surface area contributed by atoms with Gasteiger partial charge in [0.05, 0.1) is 0 Å². The number of thiocarbonyl (C=S) groups is 1. The van der Waals surface area contributed by atoms with Crippen molar-refractivity contribution in [1.29, 1.82) is 0 Å². The highest BCUT2D eigenvalue weighted by molar-refractivity contribution is 7.80. The lowest BCUT2D eigenvalue weighted by molar-refractivity contribution is -0.121. The van der Waals surface area contributed by atoms with Gasteiger partial charge in [0.25, 0.3) is 0 Å². The summed E-state index contributed by atoms with van der Waals surface area (Å²) in [6.45, 7) is 3.84. The number of anilines is 1. The molecule has 0 spiro atoms. The molecule has 1 rings (SSSR count). The Morgan fingerprint density at radius 1 is 1.27 bits per heavy atom. The summed E-state index contributed by atoms with van der Waals surface area (Å²) in [5.74, 6) is -0.218. The monoisotopic (exact) mass is 381 g/mol. The van der Waals surface area contributed by atoms with E-state index in [1.165, 1.54) is 0 Å². The maximum Gasteiger partial charge on any atom is 0.228 e. The molecule has 0 heterocycles. The number of para-hydroxylation sites is 1. The van der Waals surface area contributed by atoms with Gasteiger partial charge in [-0.2, -0.15) is 0 Å². The lowest BCUT2D eigenvalue weighted by atomic mass is 10.2. The van der Waals surface area contributed by atoms with Gasteiger partial charge in [-0.15, -0.1) is 0 Å². The lowest BCUT2D eigenvalue weighted by Crippen LogP contribution is -2.56. The summed E-state index contributed by atoms with van der Waals surface area (Å²) in [6.07, 6.45) is 0.113. The zero-order chi connectivity index (χ0) is 16.8. The van der Waals surface area contributed by atoms with Crippen LogP contribution in [0.15, 0.2) is 24.3 Å². The number of alkyl halides is 3. The molecule has 1 atom stereocenters. The summed E-state index contributed by atoms with van der Waals surface area (Å²) < 4.78 is -1.74. The molecule has 0 aliphatic rings. The number of carbonyl (C=O) groups is 1. The quantitative estimate of drug-likeness (QED) is 0.411. The second kappa shape index (κ2) is 8.77. The van der Waals surface area contributed by atoms with Crippen molar-refractivity contribution >= 4 is 63.7 Å². The summed E-state index contributed by atoms with van der Waals surface area (Å²) in [5.41, 5.74) is 1.86. The zero-order valence-electron chi connectivity index (χ0n) is 12.3. The molecule has 1 amide bonds. The van der Waals surface area contributed by atoms with E-state index in [0.29, 0.717) is 12.8 Å². The Bertz CT molecular complexity index is 534. The molecular weight excluding hydrogens is 365 g/mol. The first-order valence-corrected chi connectivity index (χ1v) is 8.27. The van der Waals surface area contributed by atoms with E-state index in [9.17, 15) is 4.79 Å². The van der Waals surface area contributed by atoms with Gasteiger partial charge in [-0.25, -0.2) is 0 Å². The van der Waals surface area contributed by atoms with E-state index < -0.39 is 9.96 Å². The Morgan fingerprint density at radius 2 is 1.91 bits per heavy atom. The van der Waals surface area contributed by atoms with E-state index in [1.807, 2.05) is 38.1 Å². The molecule has 0 saturated heterocycles. The summed E-state index contributed by atoms with van der Waals surface area (Å²) in [4.78, 5) is 11.7. The van der Waals surface area contributed by atoms with Crippen LogP contribution in [0.3, 0.4) is 0 Å². The predicted octanol–water partition coefficient (Wildman–Crippen LogP) is 3.89. The molecule has 4 nitrogen and oxygen atoms in total. The molecule has 0 bridgehead atoms. The van der Waals surface area contributed by atoms with Crippen molar-refractivity contribution in [3.63, 3.8) is 0 Å². The van der Waals surface area contributed by atoms with Crippen molar-refractivity contribution in [1.82, 2.24) is 10.6 Å². The molecule has 0 saturated carbocycles. The highest BCUT2D eigenvalue weighted by Gasteiger charge is 2.34. The van der Waals surface area contributed by atoms with Crippen molar-refractivity contribution in [3.05, 3.63) is 29.8 Å². The number of aryl methyl sites for hydroxylation is 1. The molecule has 1 aromatic rings. The molecule has 3 N–H and O–H groups in total. The van der Waals surface area contributed by atoms with Crippen LogP contribution in [0, 0.1) is 6.92 Å². The Kier molecular flexibility index (Phi) is 7.69. The van der Waals surface area contributed by atoms with E-state index in [-0.39, 0.29) is 11.0 Å². The predicted molar refractivity (Wildman–Crippen MR) is 97.7 cm³/mol. The highest BCUT2D eigenvalue weighted by atomic mass is 35.6. The summed E-state index contributed by atoms with van der Waals surface area (Å²) >= 11 is 22.9. The van der Waals surface area contributed by atoms with E-state index >= 15 is 0 Å². The fourth-order valence-electron chi connectivity index (χ4n) is 1.66. The maximum atomic E-state index is 11.7. The van der Waals surface area contributed by atoms with Crippen LogP contribution in [0.25, 0.3) is 0 Å². The van der Waals surface area contributed by atoms with Gasteiger partial charge in [-0.3, -0.25) is 4.79 Å². The Labute approximate surface area is 150 Å². The molecule has 0 radical (unpaired) electrons. The molecule has 8 heteroatoms. The third-order valence-electron chi connectivity index (χ3n) is 2.78. The number of amides is 1. The lowest BCUT2D eigenvalue weighted by Gasteiger charge is -2.28. The SMILES string of the molecule is CCCC(=O)NC(NC(=S)Nc1ccccc1C)C(Cl)(Cl)Cl. The minimum Gasteiger partial charge on any atom is -0.339 e. The standard InChI is InChI=1S/C14H18Cl3N3OS/c1-3-6-11(21)19-12(14(15,16)17)20-13(22)18-10-8-5-4-7-9(10)2/h4-5,7-8,12H,3,6H2,1-2H3,(H,19,21)(H2,18,20,22). The highest BCUT2D eigenvalue weighted by Crippen LogP contribution is 2.29. The average Bonchev–Trinajstić information content (AvgIpc) is 2.40. The number of rotatable bonds is 5. The first-order valence-electron chi connectivity index (χ1n) is 6.73. The van der Waals surface area contributed by atoms with Crippen LogP contribution in [-0.4, -0.2) is 21.0 Å². The summed E-state index contributed by atoms with van der Waals surface area (Å²) in [5, 5.41) is 8.69. The van der Waals surface area contributed by atoms with Gasteiger partial charge in [0, 0.05) is 12.1 Å². The van der Waals surface area contributed by atoms with Gasteiger partial charge >= 0.3 is 0 Å². The van der Waals surface area contributed by atoms with Crippen LogP contribution in [0.5, 0.6) is 0 Å². The smallest absolute Gasteiger partial charge is 0.228 e. The Morgan fingerprint density at radius 3 is 2.45 bits per heavy atom. The Balaban J connectivity index is 2.71. The normalized spacial score (nSPS) is 12.4. The molecule has 0 aromatic heterocycles. The molecule has 122 valence electrons. The van der Waals surface area contributed by atoms with E-state index in [4.69, 9.17) is 47.0 Å². The van der Waals surface area contributed by atoms with Gasteiger partial charge in [0.15, 0.2) is 5.11 Å². The van der Waals surface area contributed by atoms with E-state index in [0.717, 1.165) is 11.3 Å². The first-order chi connectivity index (χ1) is 10.2. The van der Waals surface area contributed by atoms with Crippen LogP contribution < -0.4 is 16.0 Å². The van der Waals surface area contributed by atoms with Gasteiger partial charge < -0.3 is 16.0 Å². The topological polar surface area (TPSA) is 53.2 Å². The van der Waals surface area contributed by atoms with Crippen LogP contribution in [0.1, 0.15) is 25.3 Å². The van der Waals surface area contributed by atoms with Crippen LogP contribution in [0.4, 0.5) is 5.69 Å². The maximum absolute atomic E-state index is 11.7. The van der Waals surface area contributed by atoms with E-state index in [1.54, 1.807) is 0 Å². The average molecular weight is 383 g/mol. The third-order valence-corrected chi connectivity index (χ3v) is 3.65. The number of benzene rings is 1. The van der Waals surface area contributed by atoms with E-state index in [2.05, 4.69) is 16.0 Å². The minimum atomic E-state index is -1.74. The largest absolute Gasteiger partial charge is 0.339 e. The van der Waals surface area contributed by atoms with Crippen LogP contribution >= 0.6 is 47.0 Å². The number of hydrogen-bond donors (Lipinski definition) is 3. The molecule has 0 aliphatic heterocycles. The van der Waals surface area contributed by atoms with Crippen molar-refractivity contribution in [3.8, 4) is 0 Å². The molecular formula is C14H18Cl3N3OS. The van der Waals surface area contributed by atoms with Crippen LogP contribution in [0.2, 0.25) is 0 Å². The number of hydrogen-bond acceptors (Lipinski definition) is 2. The fraction of sp³-hybridized carbons (Fsp3) is 0.429. The third kappa shape index (κ3) is 6.57. The van der Waals surface area contributed by atoms with Crippen molar-refractivity contribution < 1.29 is 4.79 Å². The second-order valence-corrected chi connectivity index (χ2v) is 7.48. The molecule has 1 unspecified atom stereocenters. The Hall–Kier alpha value is -0.750. The molecule has 22 heavy (non-hydrogen) atoms. The zero-order valence-corrected chi connectivity index (χ0v) is 15.3. The van der Waals surface area contributed by atoms with Crippen molar-refractivity contribution in [2.24, 2.45) is 0 Å². The van der Waals surface area contributed by atoms with Gasteiger partial charge in [0.1, 0.15) is 6.17 Å². The fourth-order valence-corrected chi connectivity index (χ4v) is 2.22.